The van der Waals surface area contributed by atoms with Crippen molar-refractivity contribution in [2.24, 2.45) is 0 Å². The lowest BCUT2D eigenvalue weighted by Gasteiger charge is -2.34. The Morgan fingerprint density at radius 1 is 1.03 bits per heavy atom. The zero-order chi connectivity index (χ0) is 26.2. The molecule has 0 bridgehead atoms. The Morgan fingerprint density at radius 3 is 2.46 bits per heavy atom. The minimum absolute atomic E-state index is 0.0180. The maximum Gasteiger partial charge on any atom is 0.433 e. The first kappa shape index (κ1) is 25.7. The summed E-state index contributed by atoms with van der Waals surface area (Å²) in [6.07, 6.45) is 1.44. The lowest BCUT2D eigenvalue weighted by molar-refractivity contribution is -0.141. The van der Waals surface area contributed by atoms with Crippen molar-refractivity contribution in [3.05, 3.63) is 41.6 Å². The summed E-state index contributed by atoms with van der Waals surface area (Å²) in [5.41, 5.74) is -0.234. The van der Waals surface area contributed by atoms with Gasteiger partial charge in [-0.15, -0.1) is 0 Å². The third-order valence-corrected chi connectivity index (χ3v) is 6.92. The van der Waals surface area contributed by atoms with E-state index in [2.05, 4.69) is 25.4 Å². The largest absolute Gasteiger partial charge is 0.433 e. The minimum Gasteiger partial charge on any atom is -0.367 e. The predicted octanol–water partition coefficient (Wildman–Crippen LogP) is 4.92. The first-order valence-corrected chi connectivity index (χ1v) is 12.3. The molecule has 1 unspecified atom stereocenters. The molecule has 5 rings (SSSR count). The maximum absolute atomic E-state index is 14.8. The second-order valence-corrected chi connectivity index (χ2v) is 9.60. The smallest absolute Gasteiger partial charge is 0.367 e. The molecule has 3 aromatic rings. The number of piperidine rings is 1. The van der Waals surface area contributed by atoms with E-state index in [0.717, 1.165) is 36.4 Å². The van der Waals surface area contributed by atoms with Crippen molar-refractivity contribution in [1.29, 1.82) is 0 Å². The van der Waals surface area contributed by atoms with Crippen LogP contribution in [0.15, 0.2) is 24.7 Å². The SMILES string of the molecule is Cc1nn(C2CCCCO2)c2ncnc(NC3CCN(CC(F)(F)c4ccc(C(F)(F)F)nc4)CC3)c12. The zero-order valence-electron chi connectivity index (χ0n) is 20.3. The molecule has 37 heavy (non-hydrogen) atoms. The number of hydrogen-bond acceptors (Lipinski definition) is 7. The molecule has 0 aromatic carbocycles. The van der Waals surface area contributed by atoms with Crippen LogP contribution >= 0.6 is 0 Å². The Hall–Kier alpha value is -2.93. The summed E-state index contributed by atoms with van der Waals surface area (Å²) in [6.45, 7) is 2.82. The summed E-state index contributed by atoms with van der Waals surface area (Å²) in [7, 11) is 0. The second-order valence-electron chi connectivity index (χ2n) is 9.60. The van der Waals surface area contributed by atoms with E-state index in [1.807, 2.05) is 11.6 Å². The molecule has 13 heteroatoms. The van der Waals surface area contributed by atoms with E-state index in [9.17, 15) is 22.0 Å². The number of nitrogens with zero attached hydrogens (tertiary/aromatic N) is 6. The summed E-state index contributed by atoms with van der Waals surface area (Å²) < 4.78 is 75.3. The number of ether oxygens (including phenoxy) is 1. The zero-order valence-corrected chi connectivity index (χ0v) is 20.3. The topological polar surface area (TPSA) is 81.0 Å². The summed E-state index contributed by atoms with van der Waals surface area (Å²) in [6, 6.07) is 1.40. The Bertz CT molecular complexity index is 1220. The predicted molar refractivity (Wildman–Crippen MR) is 125 cm³/mol. The van der Waals surface area contributed by atoms with Gasteiger partial charge < -0.3 is 10.1 Å². The number of aryl methyl sites for hydroxylation is 1. The second kappa shape index (κ2) is 10.1. The van der Waals surface area contributed by atoms with Gasteiger partial charge in [-0.1, -0.05) is 0 Å². The molecular weight excluding hydrogens is 497 g/mol. The molecule has 3 aromatic heterocycles. The van der Waals surface area contributed by atoms with Crippen LogP contribution in [-0.4, -0.2) is 61.9 Å². The van der Waals surface area contributed by atoms with E-state index in [1.54, 1.807) is 4.90 Å². The standard InChI is InChI=1S/C24H28F5N7O/c1-15-20-21(31-14-32-22(20)36(34-15)19-4-2-3-11-37-19)33-17-7-9-35(10-8-17)13-23(25,26)16-5-6-18(30-12-16)24(27,28)29/h5-6,12,14,17,19H,2-4,7-11,13H2,1H3,(H,31,32,33). The first-order valence-electron chi connectivity index (χ1n) is 12.3. The normalized spacial score (nSPS) is 20.4. The lowest BCUT2D eigenvalue weighted by atomic mass is 10.0. The Morgan fingerprint density at radius 2 is 1.81 bits per heavy atom. The van der Waals surface area contributed by atoms with Gasteiger partial charge in [0.25, 0.3) is 5.92 Å². The molecule has 2 saturated heterocycles. The number of halogens is 5. The summed E-state index contributed by atoms with van der Waals surface area (Å²) in [4.78, 5) is 13.7. The molecule has 0 amide bonds. The average Bonchev–Trinajstić information content (AvgIpc) is 3.22. The van der Waals surface area contributed by atoms with Gasteiger partial charge in [-0.05, 0) is 51.2 Å². The minimum atomic E-state index is -4.67. The summed E-state index contributed by atoms with van der Waals surface area (Å²) in [5.74, 6) is -2.66. The molecule has 0 radical (unpaired) electrons. The van der Waals surface area contributed by atoms with Crippen LogP contribution in [0, 0.1) is 6.92 Å². The van der Waals surface area contributed by atoms with Gasteiger partial charge in [-0.25, -0.2) is 14.6 Å². The van der Waals surface area contributed by atoms with Crippen molar-refractivity contribution in [3.8, 4) is 0 Å². The number of nitrogens with one attached hydrogen (secondary N) is 1. The van der Waals surface area contributed by atoms with Crippen molar-refractivity contribution < 1.29 is 26.7 Å². The molecule has 2 aliphatic rings. The molecule has 1 atom stereocenters. The monoisotopic (exact) mass is 525 g/mol. The third-order valence-electron chi connectivity index (χ3n) is 6.92. The lowest BCUT2D eigenvalue weighted by Crippen LogP contribution is -2.43. The van der Waals surface area contributed by atoms with Gasteiger partial charge in [0.1, 0.15) is 17.8 Å². The molecule has 5 heterocycles. The Kier molecular flexibility index (Phi) is 7.01. The molecule has 200 valence electrons. The van der Waals surface area contributed by atoms with E-state index < -0.39 is 29.9 Å². The van der Waals surface area contributed by atoms with Gasteiger partial charge in [0.2, 0.25) is 0 Å². The van der Waals surface area contributed by atoms with Crippen LogP contribution in [0.1, 0.15) is 55.3 Å². The van der Waals surface area contributed by atoms with E-state index >= 15 is 0 Å². The fraction of sp³-hybridized carbons (Fsp3) is 0.583. The van der Waals surface area contributed by atoms with Crippen LogP contribution in [0.4, 0.5) is 27.8 Å². The van der Waals surface area contributed by atoms with Gasteiger partial charge in [0.15, 0.2) is 11.9 Å². The highest BCUT2D eigenvalue weighted by Crippen LogP contribution is 2.34. The van der Waals surface area contributed by atoms with Crippen LogP contribution in [-0.2, 0) is 16.8 Å². The molecule has 0 spiro atoms. The van der Waals surface area contributed by atoms with Gasteiger partial charge in [0, 0.05) is 37.5 Å². The summed E-state index contributed by atoms with van der Waals surface area (Å²) >= 11 is 0. The van der Waals surface area contributed by atoms with Crippen molar-refractivity contribution in [3.63, 3.8) is 0 Å². The first-order chi connectivity index (χ1) is 17.6. The van der Waals surface area contributed by atoms with Crippen molar-refractivity contribution in [2.45, 2.75) is 63.4 Å². The number of anilines is 1. The number of pyridine rings is 1. The van der Waals surface area contributed by atoms with Crippen LogP contribution in [0.2, 0.25) is 0 Å². The number of likely N-dealkylation sites (tertiary alicyclic amines) is 1. The van der Waals surface area contributed by atoms with Gasteiger partial charge >= 0.3 is 6.18 Å². The number of alkyl halides is 5. The van der Waals surface area contributed by atoms with E-state index in [-0.39, 0.29) is 12.3 Å². The van der Waals surface area contributed by atoms with Crippen LogP contribution in [0.3, 0.4) is 0 Å². The van der Waals surface area contributed by atoms with Crippen LogP contribution in [0.5, 0.6) is 0 Å². The highest BCUT2D eigenvalue weighted by Gasteiger charge is 2.38. The van der Waals surface area contributed by atoms with E-state index in [1.165, 1.54) is 6.33 Å². The van der Waals surface area contributed by atoms with Crippen LogP contribution in [0.25, 0.3) is 11.0 Å². The molecule has 8 nitrogen and oxygen atoms in total. The van der Waals surface area contributed by atoms with Gasteiger partial charge in [-0.3, -0.25) is 9.88 Å². The molecule has 0 saturated carbocycles. The fourth-order valence-corrected chi connectivity index (χ4v) is 4.95. The van der Waals surface area contributed by atoms with Crippen molar-refractivity contribution >= 4 is 16.9 Å². The average molecular weight is 526 g/mol. The fourth-order valence-electron chi connectivity index (χ4n) is 4.95. The quantitative estimate of drug-likeness (QED) is 0.458. The van der Waals surface area contributed by atoms with Gasteiger partial charge in [0.05, 0.1) is 17.6 Å². The van der Waals surface area contributed by atoms with E-state index in [0.29, 0.717) is 56.3 Å². The molecule has 0 aliphatic carbocycles. The Balaban J connectivity index is 1.21. The number of aromatic nitrogens is 5. The maximum atomic E-state index is 14.8. The number of fused-ring (bicyclic) bond motifs is 1. The Labute approximate surface area is 210 Å². The molecular formula is C24H28F5N7O. The van der Waals surface area contributed by atoms with Gasteiger partial charge in [-0.2, -0.15) is 27.1 Å². The molecule has 2 fully saturated rings. The highest BCUT2D eigenvalue weighted by atomic mass is 19.4. The number of hydrogen-bond donors (Lipinski definition) is 1. The molecule has 2 aliphatic heterocycles. The summed E-state index contributed by atoms with van der Waals surface area (Å²) in [5, 5.41) is 8.92. The van der Waals surface area contributed by atoms with Crippen LogP contribution < -0.4 is 5.32 Å². The third kappa shape index (κ3) is 5.52. The van der Waals surface area contributed by atoms with E-state index in [4.69, 9.17) is 4.74 Å². The highest BCUT2D eigenvalue weighted by molar-refractivity contribution is 5.89. The number of rotatable bonds is 6. The van der Waals surface area contributed by atoms with Crippen molar-refractivity contribution in [2.75, 3.05) is 31.6 Å². The molecule has 1 N–H and O–H groups in total. The van der Waals surface area contributed by atoms with Crippen molar-refractivity contribution in [1.82, 2.24) is 29.6 Å².